The molecule has 0 heterocycles. The molecule has 0 unspecified atom stereocenters. The lowest BCUT2D eigenvalue weighted by Gasteiger charge is -2.31. The van der Waals surface area contributed by atoms with E-state index in [-0.39, 0.29) is 24.5 Å². The lowest BCUT2D eigenvalue weighted by atomic mass is 10.1. The average Bonchev–Trinajstić information content (AvgIpc) is 3.25. The highest BCUT2D eigenvalue weighted by atomic mass is 35.5. The number of hydrogen-bond acceptors (Lipinski definition) is 3. The first-order chi connectivity index (χ1) is 14.6. The molecule has 3 rings (SSSR count). The van der Waals surface area contributed by atoms with Crippen molar-refractivity contribution >= 4 is 23.4 Å². The van der Waals surface area contributed by atoms with Gasteiger partial charge in [0.05, 0.1) is 0 Å². The van der Waals surface area contributed by atoms with Gasteiger partial charge in [-0.25, -0.2) is 0 Å². The fraction of sp³-hybridized carbons (Fsp3) is 0.417. The first kappa shape index (κ1) is 22.2. The summed E-state index contributed by atoms with van der Waals surface area (Å²) in [6.45, 7) is 2.14. The zero-order chi connectivity index (χ0) is 21.3. The first-order valence-electron chi connectivity index (χ1n) is 10.6. The van der Waals surface area contributed by atoms with Crippen LogP contribution >= 0.6 is 11.6 Å². The third-order valence-corrected chi connectivity index (χ3v) is 5.68. The number of halogens is 1. The molecule has 1 aliphatic rings. The molecule has 2 aromatic carbocycles. The van der Waals surface area contributed by atoms with Crippen LogP contribution in [0.1, 0.15) is 44.6 Å². The molecule has 2 amide bonds. The topological polar surface area (TPSA) is 58.6 Å². The van der Waals surface area contributed by atoms with Crippen molar-refractivity contribution in [2.45, 2.75) is 57.7 Å². The molecule has 1 atom stereocenters. The Morgan fingerprint density at radius 2 is 1.87 bits per heavy atom. The van der Waals surface area contributed by atoms with Crippen LogP contribution < -0.4 is 10.1 Å². The summed E-state index contributed by atoms with van der Waals surface area (Å²) < 4.78 is 5.67. The van der Waals surface area contributed by atoms with Crippen LogP contribution in [0.3, 0.4) is 0 Å². The van der Waals surface area contributed by atoms with Crippen LogP contribution in [0.5, 0.6) is 5.75 Å². The van der Waals surface area contributed by atoms with Crippen molar-refractivity contribution < 1.29 is 14.3 Å². The Hall–Kier alpha value is -2.53. The number of carbonyl (C=O) groups excluding carboxylic acids is 2. The molecule has 5 nitrogen and oxygen atoms in total. The highest BCUT2D eigenvalue weighted by Crippen LogP contribution is 2.20. The molecule has 30 heavy (non-hydrogen) atoms. The van der Waals surface area contributed by atoms with Crippen LogP contribution in [-0.4, -0.2) is 35.4 Å². The van der Waals surface area contributed by atoms with Crippen molar-refractivity contribution in [3.05, 3.63) is 65.2 Å². The van der Waals surface area contributed by atoms with Gasteiger partial charge in [-0.3, -0.25) is 9.59 Å². The fourth-order valence-electron chi connectivity index (χ4n) is 3.85. The minimum absolute atomic E-state index is 0.0866. The maximum atomic E-state index is 13.1. The van der Waals surface area contributed by atoms with Gasteiger partial charge < -0.3 is 15.0 Å². The van der Waals surface area contributed by atoms with Gasteiger partial charge in [-0.05, 0) is 43.0 Å². The van der Waals surface area contributed by atoms with Gasteiger partial charge >= 0.3 is 0 Å². The van der Waals surface area contributed by atoms with Gasteiger partial charge in [0.25, 0.3) is 5.91 Å². The molecular weight excluding hydrogens is 400 g/mol. The van der Waals surface area contributed by atoms with Gasteiger partial charge in [-0.1, -0.05) is 67.8 Å². The highest BCUT2D eigenvalue weighted by Gasteiger charge is 2.30. The molecule has 0 radical (unpaired) electrons. The minimum atomic E-state index is -0.540. The van der Waals surface area contributed by atoms with Crippen LogP contribution in [0.25, 0.3) is 0 Å². The average molecular weight is 429 g/mol. The quantitative estimate of drug-likeness (QED) is 0.635. The van der Waals surface area contributed by atoms with Crippen molar-refractivity contribution in [1.29, 1.82) is 0 Å². The van der Waals surface area contributed by atoms with Gasteiger partial charge in [0, 0.05) is 17.6 Å². The highest BCUT2D eigenvalue weighted by molar-refractivity contribution is 6.30. The van der Waals surface area contributed by atoms with E-state index in [1.165, 1.54) is 0 Å². The second-order valence-electron chi connectivity index (χ2n) is 7.67. The summed E-state index contributed by atoms with van der Waals surface area (Å²) in [5.41, 5.74) is 0.973. The normalized spacial score (nSPS) is 14.9. The Kier molecular flexibility index (Phi) is 8.14. The van der Waals surface area contributed by atoms with E-state index in [0.717, 1.165) is 31.2 Å². The van der Waals surface area contributed by atoms with Crippen molar-refractivity contribution in [3.63, 3.8) is 0 Å². The Morgan fingerprint density at radius 1 is 1.13 bits per heavy atom. The molecule has 6 heteroatoms. The van der Waals surface area contributed by atoms with Crippen LogP contribution in [0.4, 0.5) is 0 Å². The lowest BCUT2D eigenvalue weighted by Crippen LogP contribution is -2.52. The van der Waals surface area contributed by atoms with Crippen LogP contribution in [-0.2, 0) is 16.1 Å². The van der Waals surface area contributed by atoms with Gasteiger partial charge in [-0.15, -0.1) is 0 Å². The van der Waals surface area contributed by atoms with E-state index in [1.807, 2.05) is 37.3 Å². The molecule has 1 N–H and O–H groups in total. The number of carbonyl (C=O) groups is 2. The zero-order valence-electron chi connectivity index (χ0n) is 17.4. The third kappa shape index (κ3) is 6.23. The summed E-state index contributed by atoms with van der Waals surface area (Å²) in [5.74, 6) is 0.211. The lowest BCUT2D eigenvalue weighted by molar-refractivity contribution is -0.143. The molecular formula is C24H29ClN2O3. The fourth-order valence-corrected chi connectivity index (χ4v) is 4.03. The van der Waals surface area contributed by atoms with Crippen molar-refractivity contribution in [2.75, 3.05) is 6.61 Å². The minimum Gasteiger partial charge on any atom is -0.484 e. The first-order valence-corrected chi connectivity index (χ1v) is 11.0. The molecule has 0 spiro atoms. The van der Waals surface area contributed by atoms with E-state index < -0.39 is 6.04 Å². The van der Waals surface area contributed by atoms with E-state index in [4.69, 9.17) is 16.3 Å². The summed E-state index contributed by atoms with van der Waals surface area (Å²) in [5, 5.41) is 3.69. The zero-order valence-corrected chi connectivity index (χ0v) is 18.1. The van der Waals surface area contributed by atoms with E-state index in [1.54, 1.807) is 29.2 Å². The van der Waals surface area contributed by atoms with E-state index in [0.29, 0.717) is 23.7 Å². The number of ether oxygens (including phenoxy) is 1. The van der Waals surface area contributed by atoms with E-state index >= 15 is 0 Å². The number of benzene rings is 2. The predicted molar refractivity (Wildman–Crippen MR) is 118 cm³/mol. The maximum Gasteiger partial charge on any atom is 0.261 e. The Balaban J connectivity index is 1.73. The molecule has 0 aliphatic heterocycles. The molecule has 160 valence electrons. The second kappa shape index (κ2) is 11.0. The summed E-state index contributed by atoms with van der Waals surface area (Å²) in [6.07, 6.45) is 4.83. The standard InChI is InChI=1S/C24H29ClN2O3/c1-2-22(24(29)26-20-12-6-7-13-20)27(16-18-9-4-3-5-10-18)23(28)17-30-21-14-8-11-19(25)15-21/h3-5,8-11,14-15,20,22H,2,6-7,12-13,16-17H2,1H3,(H,26,29)/t22-/m1/s1. The summed E-state index contributed by atoms with van der Waals surface area (Å²) in [6, 6.07) is 16.3. The van der Waals surface area contributed by atoms with Crippen LogP contribution in [0, 0.1) is 0 Å². The molecule has 1 saturated carbocycles. The van der Waals surface area contributed by atoms with E-state index in [9.17, 15) is 9.59 Å². The van der Waals surface area contributed by atoms with Crippen molar-refractivity contribution in [1.82, 2.24) is 10.2 Å². The molecule has 0 saturated heterocycles. The Labute approximate surface area is 183 Å². The van der Waals surface area contributed by atoms with Crippen LogP contribution in [0.15, 0.2) is 54.6 Å². The molecule has 0 aromatic heterocycles. The van der Waals surface area contributed by atoms with Crippen LogP contribution in [0.2, 0.25) is 5.02 Å². The number of amides is 2. The predicted octanol–water partition coefficient (Wildman–Crippen LogP) is 4.59. The number of rotatable bonds is 9. The maximum absolute atomic E-state index is 13.1. The number of nitrogens with zero attached hydrogens (tertiary/aromatic N) is 1. The Bertz CT molecular complexity index is 837. The third-order valence-electron chi connectivity index (χ3n) is 5.44. The van der Waals surface area contributed by atoms with E-state index in [2.05, 4.69) is 5.32 Å². The molecule has 0 bridgehead atoms. The SMILES string of the molecule is CC[C@H](C(=O)NC1CCCC1)N(Cc1ccccc1)C(=O)COc1cccc(Cl)c1. The van der Waals surface area contributed by atoms with Gasteiger partial charge in [0.15, 0.2) is 6.61 Å². The molecule has 1 aliphatic carbocycles. The largest absolute Gasteiger partial charge is 0.484 e. The summed E-state index contributed by atoms with van der Waals surface area (Å²) in [7, 11) is 0. The number of hydrogen-bond donors (Lipinski definition) is 1. The summed E-state index contributed by atoms with van der Waals surface area (Å²) >= 11 is 6.00. The van der Waals surface area contributed by atoms with Crippen molar-refractivity contribution in [2.24, 2.45) is 0 Å². The Morgan fingerprint density at radius 3 is 2.53 bits per heavy atom. The monoisotopic (exact) mass is 428 g/mol. The number of nitrogens with one attached hydrogen (secondary N) is 1. The molecule has 2 aromatic rings. The second-order valence-corrected chi connectivity index (χ2v) is 8.10. The van der Waals surface area contributed by atoms with Crippen molar-refractivity contribution in [3.8, 4) is 5.75 Å². The van der Waals surface area contributed by atoms with Gasteiger partial charge in [0.2, 0.25) is 5.91 Å². The van der Waals surface area contributed by atoms with Gasteiger partial charge in [-0.2, -0.15) is 0 Å². The summed E-state index contributed by atoms with van der Waals surface area (Å²) in [4.78, 5) is 27.8. The smallest absolute Gasteiger partial charge is 0.261 e. The molecule has 1 fully saturated rings. The van der Waals surface area contributed by atoms with Gasteiger partial charge in [0.1, 0.15) is 11.8 Å².